The zero-order chi connectivity index (χ0) is 9.84. The van der Waals surface area contributed by atoms with E-state index < -0.39 is 17.4 Å². The Balaban J connectivity index is 3.04. The van der Waals surface area contributed by atoms with E-state index in [1.807, 2.05) is 0 Å². The van der Waals surface area contributed by atoms with Crippen LogP contribution in [-0.2, 0) is 6.54 Å². The molecule has 0 unspecified atom stereocenters. The maximum atomic E-state index is 10.8. The van der Waals surface area contributed by atoms with Crippen molar-refractivity contribution >= 4 is 5.91 Å². The van der Waals surface area contributed by atoms with Crippen molar-refractivity contribution in [1.29, 1.82) is 0 Å². The van der Waals surface area contributed by atoms with E-state index in [0.29, 0.717) is 0 Å². The molecule has 6 nitrogen and oxygen atoms in total. The van der Waals surface area contributed by atoms with Crippen LogP contribution in [0, 0.1) is 10.1 Å². The number of hydrogen-bond donors (Lipinski definition) is 1. The van der Waals surface area contributed by atoms with Crippen molar-refractivity contribution in [1.82, 2.24) is 4.98 Å². The fourth-order valence-corrected chi connectivity index (χ4v) is 0.911. The van der Waals surface area contributed by atoms with E-state index in [2.05, 4.69) is 4.98 Å². The average Bonchev–Trinajstić information content (AvgIpc) is 2.03. The Bertz CT molecular complexity index is 351. The highest BCUT2D eigenvalue weighted by molar-refractivity contribution is 5.93. The molecule has 0 saturated carbocycles. The molecule has 0 aliphatic carbocycles. The minimum atomic E-state index is -0.704. The summed E-state index contributed by atoms with van der Waals surface area (Å²) in [7, 11) is 0. The van der Waals surface area contributed by atoms with Gasteiger partial charge >= 0.3 is 0 Å². The van der Waals surface area contributed by atoms with Gasteiger partial charge in [-0.15, -0.1) is 0 Å². The van der Waals surface area contributed by atoms with Gasteiger partial charge in [-0.25, -0.2) is 0 Å². The fraction of sp³-hybridized carbons (Fsp3) is 0.143. The van der Waals surface area contributed by atoms with E-state index in [1.54, 1.807) is 0 Å². The summed E-state index contributed by atoms with van der Waals surface area (Å²) in [5.41, 5.74) is 5.18. The number of pyridine rings is 1. The Morgan fingerprint density at radius 1 is 1.69 bits per heavy atom. The molecule has 0 aliphatic rings. The lowest BCUT2D eigenvalue weighted by Crippen LogP contribution is -2.16. The van der Waals surface area contributed by atoms with Gasteiger partial charge in [0.15, 0.2) is 0 Å². The standard InChI is InChI=1S/C7H7N3O3/c8-7(11)5-2-1-3-9-6(5)4-10(12)13/h1-3H,4H2,(H2,8,11). The van der Waals surface area contributed by atoms with Gasteiger partial charge in [0.1, 0.15) is 5.69 Å². The molecule has 1 heterocycles. The summed E-state index contributed by atoms with van der Waals surface area (Å²) in [4.78, 5) is 24.1. The lowest BCUT2D eigenvalue weighted by Gasteiger charge is -1.99. The van der Waals surface area contributed by atoms with E-state index in [0.717, 1.165) is 0 Å². The molecule has 2 N–H and O–H groups in total. The van der Waals surface area contributed by atoms with Gasteiger partial charge in [0, 0.05) is 11.1 Å². The first-order valence-corrected chi connectivity index (χ1v) is 3.46. The lowest BCUT2D eigenvalue weighted by atomic mass is 10.2. The van der Waals surface area contributed by atoms with E-state index in [9.17, 15) is 14.9 Å². The zero-order valence-corrected chi connectivity index (χ0v) is 6.64. The molecule has 0 fully saturated rings. The molecular formula is C7H7N3O3. The first-order valence-electron chi connectivity index (χ1n) is 3.46. The molecule has 0 aromatic carbocycles. The monoisotopic (exact) mass is 181 g/mol. The molecule has 68 valence electrons. The summed E-state index contributed by atoms with van der Waals surface area (Å²) < 4.78 is 0. The third-order valence-corrected chi connectivity index (χ3v) is 1.43. The van der Waals surface area contributed by atoms with Crippen LogP contribution in [0.15, 0.2) is 18.3 Å². The SMILES string of the molecule is NC(=O)c1cccnc1C[N+](=O)[O-]. The molecule has 0 saturated heterocycles. The molecule has 1 aromatic heterocycles. The Morgan fingerprint density at radius 2 is 2.38 bits per heavy atom. The zero-order valence-electron chi connectivity index (χ0n) is 6.64. The Kier molecular flexibility index (Phi) is 2.53. The number of carbonyl (C=O) groups excluding carboxylic acids is 1. The van der Waals surface area contributed by atoms with E-state index in [1.165, 1.54) is 18.3 Å². The third-order valence-electron chi connectivity index (χ3n) is 1.43. The van der Waals surface area contributed by atoms with Crippen LogP contribution in [-0.4, -0.2) is 15.8 Å². The van der Waals surface area contributed by atoms with Gasteiger partial charge in [-0.2, -0.15) is 0 Å². The van der Waals surface area contributed by atoms with E-state index in [4.69, 9.17) is 5.73 Å². The molecule has 6 heteroatoms. The molecule has 1 rings (SSSR count). The molecular weight excluding hydrogens is 174 g/mol. The first kappa shape index (κ1) is 9.11. The molecule has 0 aliphatic heterocycles. The average molecular weight is 181 g/mol. The molecule has 0 bridgehead atoms. The maximum Gasteiger partial charge on any atom is 0.250 e. The highest BCUT2D eigenvalue weighted by Crippen LogP contribution is 2.04. The maximum absolute atomic E-state index is 10.8. The Hall–Kier alpha value is -1.98. The Morgan fingerprint density at radius 3 is 2.92 bits per heavy atom. The smallest absolute Gasteiger partial charge is 0.250 e. The van der Waals surface area contributed by atoms with E-state index >= 15 is 0 Å². The van der Waals surface area contributed by atoms with Crippen LogP contribution in [0.3, 0.4) is 0 Å². The highest BCUT2D eigenvalue weighted by Gasteiger charge is 2.12. The Labute approximate surface area is 73.5 Å². The van der Waals surface area contributed by atoms with Crippen molar-refractivity contribution in [2.24, 2.45) is 5.73 Å². The first-order chi connectivity index (χ1) is 6.11. The number of carbonyl (C=O) groups is 1. The number of nitrogens with two attached hydrogens (primary N) is 1. The second-order valence-electron chi connectivity index (χ2n) is 2.35. The number of rotatable bonds is 3. The molecule has 13 heavy (non-hydrogen) atoms. The highest BCUT2D eigenvalue weighted by atomic mass is 16.6. The van der Waals surface area contributed by atoms with Crippen molar-refractivity contribution < 1.29 is 9.72 Å². The number of amides is 1. The summed E-state index contributed by atoms with van der Waals surface area (Å²) in [5, 5.41) is 10.2. The minimum Gasteiger partial charge on any atom is -0.366 e. The number of nitro groups is 1. The minimum absolute atomic E-state index is 0.0965. The van der Waals surface area contributed by atoms with Gasteiger partial charge in [-0.3, -0.25) is 19.9 Å². The summed E-state index contributed by atoms with van der Waals surface area (Å²) in [6, 6.07) is 2.91. The molecule has 1 aromatic rings. The molecule has 0 atom stereocenters. The second kappa shape index (κ2) is 3.61. The van der Waals surface area contributed by atoms with Gasteiger partial charge in [0.2, 0.25) is 6.54 Å². The quantitative estimate of drug-likeness (QED) is 0.522. The summed E-state index contributed by atoms with van der Waals surface area (Å²) >= 11 is 0. The van der Waals surface area contributed by atoms with Crippen molar-refractivity contribution in [3.8, 4) is 0 Å². The largest absolute Gasteiger partial charge is 0.366 e. The van der Waals surface area contributed by atoms with Gasteiger partial charge in [0.05, 0.1) is 5.56 Å². The van der Waals surface area contributed by atoms with Crippen molar-refractivity contribution in [3.63, 3.8) is 0 Å². The number of primary amides is 1. The number of nitrogens with zero attached hydrogens (tertiary/aromatic N) is 2. The van der Waals surface area contributed by atoms with Crippen LogP contribution in [0.5, 0.6) is 0 Å². The lowest BCUT2D eigenvalue weighted by molar-refractivity contribution is -0.497. The second-order valence-corrected chi connectivity index (χ2v) is 2.35. The number of hydrogen-bond acceptors (Lipinski definition) is 4. The molecule has 1 amide bonds. The summed E-state index contributed by atoms with van der Waals surface area (Å²) in [6.45, 7) is -0.487. The third kappa shape index (κ3) is 2.22. The van der Waals surface area contributed by atoms with Gasteiger partial charge in [0.25, 0.3) is 5.91 Å². The van der Waals surface area contributed by atoms with Crippen molar-refractivity contribution in [2.75, 3.05) is 0 Å². The molecule has 0 spiro atoms. The summed E-state index contributed by atoms with van der Waals surface area (Å²) in [5.74, 6) is -0.704. The summed E-state index contributed by atoms with van der Waals surface area (Å²) in [6.07, 6.45) is 1.38. The predicted octanol–water partition coefficient (Wildman–Crippen LogP) is -0.0428. The van der Waals surface area contributed by atoms with Gasteiger partial charge in [-0.1, -0.05) is 0 Å². The van der Waals surface area contributed by atoms with Crippen LogP contribution in [0.4, 0.5) is 0 Å². The van der Waals surface area contributed by atoms with Crippen LogP contribution in [0.25, 0.3) is 0 Å². The van der Waals surface area contributed by atoms with Gasteiger partial charge < -0.3 is 5.73 Å². The van der Waals surface area contributed by atoms with Crippen LogP contribution in [0.1, 0.15) is 16.1 Å². The van der Waals surface area contributed by atoms with Gasteiger partial charge in [-0.05, 0) is 12.1 Å². The fourth-order valence-electron chi connectivity index (χ4n) is 0.911. The van der Waals surface area contributed by atoms with Crippen LogP contribution in [0.2, 0.25) is 0 Å². The van der Waals surface area contributed by atoms with E-state index in [-0.39, 0.29) is 11.3 Å². The van der Waals surface area contributed by atoms with Crippen molar-refractivity contribution in [2.45, 2.75) is 6.54 Å². The number of aromatic nitrogens is 1. The van der Waals surface area contributed by atoms with Crippen LogP contribution < -0.4 is 5.73 Å². The predicted molar refractivity (Wildman–Crippen MR) is 43.5 cm³/mol. The topological polar surface area (TPSA) is 99.1 Å². The normalized spacial score (nSPS) is 9.54. The van der Waals surface area contributed by atoms with Crippen LogP contribution >= 0.6 is 0 Å². The van der Waals surface area contributed by atoms with Crippen molar-refractivity contribution in [3.05, 3.63) is 39.7 Å². The molecule has 0 radical (unpaired) electrons.